The summed E-state index contributed by atoms with van der Waals surface area (Å²) in [7, 11) is 0. The van der Waals surface area contributed by atoms with Gasteiger partial charge in [0.15, 0.2) is 0 Å². The van der Waals surface area contributed by atoms with Crippen LogP contribution in [0.3, 0.4) is 0 Å². The predicted molar refractivity (Wildman–Crippen MR) is 77.2 cm³/mol. The van der Waals surface area contributed by atoms with Gasteiger partial charge >= 0.3 is 0 Å². The summed E-state index contributed by atoms with van der Waals surface area (Å²) >= 11 is 0. The highest BCUT2D eigenvalue weighted by molar-refractivity contribution is 5.83. The monoisotopic (exact) mass is 254 g/mol. The van der Waals surface area contributed by atoms with Crippen molar-refractivity contribution in [2.45, 2.75) is 27.7 Å². The van der Waals surface area contributed by atoms with Crippen LogP contribution in [-0.2, 0) is 0 Å². The number of nitrogens with two attached hydrogens (primary N) is 2. The highest BCUT2D eigenvalue weighted by Gasteiger charge is 2.07. The maximum Gasteiger partial charge on any atom is 0.0984 e. The van der Waals surface area contributed by atoms with Crippen molar-refractivity contribution < 1.29 is 0 Å². The largest absolute Gasteiger partial charge is 0.387 e. The van der Waals surface area contributed by atoms with E-state index in [1.807, 2.05) is 27.7 Å². The topological polar surface area (TPSA) is 101 Å². The van der Waals surface area contributed by atoms with E-state index in [4.69, 9.17) is 11.5 Å². The normalized spacial score (nSPS) is 17.1. The lowest BCUT2D eigenvalue weighted by molar-refractivity contribution is 0.680. The van der Waals surface area contributed by atoms with Gasteiger partial charge in [-0.3, -0.25) is 9.98 Å². The third-order valence-electron chi connectivity index (χ3n) is 2.50. The fourth-order valence-corrected chi connectivity index (χ4v) is 1.22. The maximum atomic E-state index is 5.77. The van der Waals surface area contributed by atoms with E-state index in [1.165, 1.54) is 0 Å². The summed E-state index contributed by atoms with van der Waals surface area (Å²) in [6, 6.07) is 0. The number of rotatable bonds is 8. The molecule has 18 heavy (non-hydrogen) atoms. The Hall–Kier alpha value is -1.46. The first-order valence-electron chi connectivity index (χ1n) is 6.45. The van der Waals surface area contributed by atoms with Crippen molar-refractivity contribution in [2.24, 2.45) is 43.5 Å². The SMILES string of the molecule is CCN=C(N)C(C)CN=NCC(C)C(N)=NCC. The molecule has 0 heterocycles. The maximum absolute atomic E-state index is 5.77. The third kappa shape index (κ3) is 6.98. The second kappa shape index (κ2) is 9.56. The molecule has 2 unspecified atom stereocenters. The molecule has 0 rings (SSSR count). The van der Waals surface area contributed by atoms with E-state index in [1.54, 1.807) is 0 Å². The van der Waals surface area contributed by atoms with E-state index in [0.29, 0.717) is 37.9 Å². The lowest BCUT2D eigenvalue weighted by atomic mass is 10.1. The van der Waals surface area contributed by atoms with Crippen molar-refractivity contribution in [3.8, 4) is 0 Å². The molecule has 0 aromatic carbocycles. The van der Waals surface area contributed by atoms with Crippen LogP contribution in [0, 0.1) is 11.8 Å². The highest BCUT2D eigenvalue weighted by Crippen LogP contribution is 2.00. The Kier molecular flexibility index (Phi) is 8.78. The molecule has 0 aromatic heterocycles. The van der Waals surface area contributed by atoms with Crippen molar-refractivity contribution >= 4 is 11.7 Å². The molecule has 2 atom stereocenters. The zero-order valence-electron chi connectivity index (χ0n) is 11.9. The number of hydrogen-bond donors (Lipinski definition) is 2. The van der Waals surface area contributed by atoms with Gasteiger partial charge in [-0.2, -0.15) is 10.2 Å². The molecule has 0 bridgehead atoms. The summed E-state index contributed by atoms with van der Waals surface area (Å²) < 4.78 is 0. The average Bonchev–Trinajstić information content (AvgIpc) is 2.34. The molecule has 0 spiro atoms. The minimum atomic E-state index is 0.130. The van der Waals surface area contributed by atoms with Crippen LogP contribution in [-0.4, -0.2) is 37.9 Å². The summed E-state index contributed by atoms with van der Waals surface area (Å²) in [4.78, 5) is 8.29. The van der Waals surface area contributed by atoms with Gasteiger partial charge in [-0.25, -0.2) is 0 Å². The van der Waals surface area contributed by atoms with E-state index in [2.05, 4.69) is 20.2 Å². The molecule has 104 valence electrons. The van der Waals surface area contributed by atoms with Gasteiger partial charge in [-0.1, -0.05) is 13.8 Å². The van der Waals surface area contributed by atoms with Gasteiger partial charge < -0.3 is 11.5 Å². The van der Waals surface area contributed by atoms with E-state index < -0.39 is 0 Å². The highest BCUT2D eigenvalue weighted by atomic mass is 15.1. The summed E-state index contributed by atoms with van der Waals surface area (Å²) in [6.45, 7) is 10.4. The minimum absolute atomic E-state index is 0.130. The Balaban J connectivity index is 4.05. The zero-order valence-corrected chi connectivity index (χ0v) is 11.9. The number of aliphatic imine (C=N–C) groups is 2. The molecule has 0 amide bonds. The fraction of sp³-hybridized carbons (Fsp3) is 0.833. The molecule has 0 fully saturated rings. The Morgan fingerprint density at radius 2 is 1.17 bits per heavy atom. The third-order valence-corrected chi connectivity index (χ3v) is 2.50. The van der Waals surface area contributed by atoms with Crippen LogP contribution in [0.15, 0.2) is 20.2 Å². The van der Waals surface area contributed by atoms with Crippen molar-refractivity contribution in [1.82, 2.24) is 0 Å². The van der Waals surface area contributed by atoms with Crippen LogP contribution in [0.1, 0.15) is 27.7 Å². The number of azo groups is 1. The van der Waals surface area contributed by atoms with Crippen molar-refractivity contribution in [2.75, 3.05) is 26.2 Å². The Morgan fingerprint density at radius 1 is 0.833 bits per heavy atom. The second-order valence-electron chi connectivity index (χ2n) is 4.25. The van der Waals surface area contributed by atoms with Crippen molar-refractivity contribution in [3.05, 3.63) is 0 Å². The molecule has 0 aliphatic rings. The first kappa shape index (κ1) is 16.5. The molecule has 0 aliphatic carbocycles. The van der Waals surface area contributed by atoms with Crippen LogP contribution >= 0.6 is 0 Å². The zero-order chi connectivity index (χ0) is 14.0. The molecule has 0 saturated heterocycles. The van der Waals surface area contributed by atoms with Gasteiger partial charge in [-0.15, -0.1) is 0 Å². The summed E-state index contributed by atoms with van der Waals surface area (Å²) in [5, 5.41) is 8.22. The Bertz CT molecular complexity index is 278. The van der Waals surface area contributed by atoms with E-state index in [0.717, 1.165) is 0 Å². The van der Waals surface area contributed by atoms with Crippen LogP contribution < -0.4 is 11.5 Å². The Morgan fingerprint density at radius 3 is 1.44 bits per heavy atom. The molecule has 6 nitrogen and oxygen atoms in total. The number of nitrogens with zero attached hydrogens (tertiary/aromatic N) is 4. The standard InChI is InChI=1S/C12H26N6/c1-5-15-11(13)9(3)7-17-18-8-10(4)12(14)16-6-2/h9-10H,5-8H2,1-4H3,(H2,13,15)(H2,14,16). The summed E-state index contributed by atoms with van der Waals surface area (Å²) in [5.74, 6) is 1.53. The van der Waals surface area contributed by atoms with Gasteiger partial charge in [0.05, 0.1) is 24.8 Å². The lowest BCUT2D eigenvalue weighted by Crippen LogP contribution is -2.24. The predicted octanol–water partition coefficient (Wildman–Crippen LogP) is 1.47. The number of amidine groups is 2. The van der Waals surface area contributed by atoms with E-state index >= 15 is 0 Å². The minimum Gasteiger partial charge on any atom is -0.387 e. The molecule has 0 radical (unpaired) electrons. The lowest BCUT2D eigenvalue weighted by Gasteiger charge is -2.08. The molecule has 4 N–H and O–H groups in total. The summed E-state index contributed by atoms with van der Waals surface area (Å²) in [6.07, 6.45) is 0. The number of hydrogen-bond acceptors (Lipinski definition) is 4. The van der Waals surface area contributed by atoms with Gasteiger partial charge in [0.25, 0.3) is 0 Å². The fourth-order valence-electron chi connectivity index (χ4n) is 1.22. The Labute approximate surface area is 110 Å². The van der Waals surface area contributed by atoms with Crippen molar-refractivity contribution in [1.29, 1.82) is 0 Å². The molecule has 0 aliphatic heterocycles. The molecule has 0 aromatic rings. The molecular weight excluding hydrogens is 228 g/mol. The first-order chi connectivity index (χ1) is 8.52. The second-order valence-corrected chi connectivity index (χ2v) is 4.25. The van der Waals surface area contributed by atoms with Crippen LogP contribution in [0.4, 0.5) is 0 Å². The van der Waals surface area contributed by atoms with Crippen LogP contribution in [0.5, 0.6) is 0 Å². The van der Waals surface area contributed by atoms with Crippen LogP contribution in [0.2, 0.25) is 0 Å². The molecule has 6 heteroatoms. The van der Waals surface area contributed by atoms with E-state index in [9.17, 15) is 0 Å². The smallest absolute Gasteiger partial charge is 0.0984 e. The van der Waals surface area contributed by atoms with Crippen LogP contribution in [0.25, 0.3) is 0 Å². The summed E-state index contributed by atoms with van der Waals surface area (Å²) in [5.41, 5.74) is 11.5. The van der Waals surface area contributed by atoms with Gasteiger partial charge in [0.2, 0.25) is 0 Å². The van der Waals surface area contributed by atoms with Gasteiger partial charge in [-0.05, 0) is 13.8 Å². The van der Waals surface area contributed by atoms with Crippen molar-refractivity contribution in [3.63, 3.8) is 0 Å². The average molecular weight is 254 g/mol. The molecule has 0 saturated carbocycles. The van der Waals surface area contributed by atoms with E-state index in [-0.39, 0.29) is 11.8 Å². The first-order valence-corrected chi connectivity index (χ1v) is 6.45. The quantitative estimate of drug-likeness (QED) is 0.389. The molecular formula is C12H26N6. The van der Waals surface area contributed by atoms with Gasteiger partial charge in [0.1, 0.15) is 0 Å². The van der Waals surface area contributed by atoms with Gasteiger partial charge in [0, 0.05) is 24.9 Å².